The van der Waals surface area contributed by atoms with Crippen LogP contribution in [0, 0.1) is 23.7 Å². The van der Waals surface area contributed by atoms with Crippen molar-refractivity contribution in [3.05, 3.63) is 53.6 Å². The second kappa shape index (κ2) is 8.53. The van der Waals surface area contributed by atoms with Crippen LogP contribution in [0.3, 0.4) is 0 Å². The molecule has 0 aromatic heterocycles. The number of benzene rings is 2. The van der Waals surface area contributed by atoms with Gasteiger partial charge in [0.05, 0.1) is 21.3 Å². The molecule has 122 valence electrons. The number of rotatable bonds is 3. The Balaban J connectivity index is 2.23. The number of ether oxygens (including phenoxy) is 3. The molecule has 0 aliphatic heterocycles. The van der Waals surface area contributed by atoms with Crippen LogP contribution in [0.1, 0.15) is 11.1 Å². The Labute approximate surface area is 142 Å². The van der Waals surface area contributed by atoms with Gasteiger partial charge >= 0.3 is 0 Å². The largest absolute Gasteiger partial charge is 0.493 e. The molecular formula is C20H18O4. The standard InChI is InChI=1S/C20H18O4/c1-22-18-13-16(14-19(23-2)20(18)24-3)10-12-17(21)11-9-15-7-5-4-6-8-15/h4-8,13-14,17,21H,1-3H3. The minimum Gasteiger partial charge on any atom is -0.493 e. The highest BCUT2D eigenvalue weighted by atomic mass is 16.5. The van der Waals surface area contributed by atoms with E-state index in [2.05, 4.69) is 23.7 Å². The summed E-state index contributed by atoms with van der Waals surface area (Å²) in [5.41, 5.74) is 1.45. The van der Waals surface area contributed by atoms with Crippen molar-refractivity contribution in [3.63, 3.8) is 0 Å². The Morgan fingerprint density at radius 1 is 0.792 bits per heavy atom. The summed E-state index contributed by atoms with van der Waals surface area (Å²) in [6, 6.07) is 12.8. The van der Waals surface area contributed by atoms with Gasteiger partial charge in [0, 0.05) is 11.1 Å². The van der Waals surface area contributed by atoms with E-state index in [0.29, 0.717) is 22.8 Å². The molecule has 4 nitrogen and oxygen atoms in total. The first-order valence-electron chi connectivity index (χ1n) is 7.24. The van der Waals surface area contributed by atoms with Gasteiger partial charge in [-0.05, 0) is 24.3 Å². The number of hydrogen-bond acceptors (Lipinski definition) is 4. The smallest absolute Gasteiger partial charge is 0.203 e. The first-order chi connectivity index (χ1) is 11.7. The Hall–Kier alpha value is -3.08. The van der Waals surface area contributed by atoms with Crippen LogP contribution in [0.2, 0.25) is 0 Å². The van der Waals surface area contributed by atoms with E-state index >= 15 is 0 Å². The highest BCUT2D eigenvalue weighted by Gasteiger charge is 2.12. The molecule has 0 fully saturated rings. The third kappa shape index (κ3) is 4.46. The van der Waals surface area contributed by atoms with Crippen molar-refractivity contribution >= 4 is 0 Å². The molecule has 1 atom stereocenters. The molecule has 1 N–H and O–H groups in total. The topological polar surface area (TPSA) is 47.9 Å². The zero-order chi connectivity index (χ0) is 17.4. The lowest BCUT2D eigenvalue weighted by Crippen LogP contribution is -1.99. The molecule has 0 bridgehead atoms. The molecule has 0 saturated heterocycles. The quantitative estimate of drug-likeness (QED) is 0.882. The summed E-state index contributed by atoms with van der Waals surface area (Å²) < 4.78 is 15.8. The maximum Gasteiger partial charge on any atom is 0.203 e. The third-order valence-corrected chi connectivity index (χ3v) is 3.14. The van der Waals surface area contributed by atoms with Crippen molar-refractivity contribution < 1.29 is 19.3 Å². The zero-order valence-corrected chi connectivity index (χ0v) is 13.8. The molecule has 0 aliphatic carbocycles. The first kappa shape index (κ1) is 17.3. The van der Waals surface area contributed by atoms with Crippen LogP contribution < -0.4 is 14.2 Å². The molecule has 0 amide bonds. The molecule has 4 heteroatoms. The molecule has 1 unspecified atom stereocenters. The van der Waals surface area contributed by atoms with E-state index in [1.165, 1.54) is 21.3 Å². The fraction of sp³-hybridized carbons (Fsp3) is 0.200. The summed E-state index contributed by atoms with van der Waals surface area (Å²) in [5.74, 6) is 12.6. The van der Waals surface area contributed by atoms with Crippen LogP contribution >= 0.6 is 0 Å². The number of aliphatic hydroxyl groups is 1. The lowest BCUT2D eigenvalue weighted by Gasteiger charge is -2.12. The van der Waals surface area contributed by atoms with Gasteiger partial charge in [-0.15, -0.1) is 0 Å². The molecule has 2 rings (SSSR count). The van der Waals surface area contributed by atoms with Crippen molar-refractivity contribution in [1.82, 2.24) is 0 Å². The Morgan fingerprint density at radius 3 is 1.83 bits per heavy atom. The highest BCUT2D eigenvalue weighted by Crippen LogP contribution is 2.37. The second-order valence-corrected chi connectivity index (χ2v) is 4.72. The van der Waals surface area contributed by atoms with Gasteiger partial charge in [-0.1, -0.05) is 41.9 Å². The third-order valence-electron chi connectivity index (χ3n) is 3.14. The van der Waals surface area contributed by atoms with Crippen LogP contribution in [0.15, 0.2) is 42.5 Å². The van der Waals surface area contributed by atoms with Crippen molar-refractivity contribution in [2.45, 2.75) is 6.10 Å². The van der Waals surface area contributed by atoms with Crippen LogP contribution in [-0.2, 0) is 0 Å². The fourth-order valence-electron chi connectivity index (χ4n) is 2.01. The average molecular weight is 322 g/mol. The summed E-state index contributed by atoms with van der Waals surface area (Å²) in [7, 11) is 4.61. The van der Waals surface area contributed by atoms with Gasteiger partial charge in [-0.3, -0.25) is 0 Å². The summed E-state index contributed by atoms with van der Waals surface area (Å²) in [6.45, 7) is 0. The lowest BCUT2D eigenvalue weighted by molar-refractivity contribution is 0.289. The lowest BCUT2D eigenvalue weighted by atomic mass is 10.1. The molecule has 24 heavy (non-hydrogen) atoms. The maximum atomic E-state index is 9.89. The molecular weight excluding hydrogens is 304 g/mol. The van der Waals surface area contributed by atoms with Gasteiger partial charge in [0.1, 0.15) is 0 Å². The number of hydrogen-bond donors (Lipinski definition) is 1. The van der Waals surface area contributed by atoms with Crippen molar-refractivity contribution in [1.29, 1.82) is 0 Å². The van der Waals surface area contributed by atoms with Gasteiger partial charge in [-0.2, -0.15) is 0 Å². The zero-order valence-electron chi connectivity index (χ0n) is 13.8. The van der Waals surface area contributed by atoms with Crippen LogP contribution in [-0.4, -0.2) is 32.5 Å². The minimum atomic E-state index is -1.05. The van der Waals surface area contributed by atoms with E-state index in [1.54, 1.807) is 12.1 Å². The van der Waals surface area contributed by atoms with E-state index < -0.39 is 6.10 Å². The van der Waals surface area contributed by atoms with Gasteiger partial charge < -0.3 is 19.3 Å². The summed E-state index contributed by atoms with van der Waals surface area (Å²) >= 11 is 0. The SMILES string of the molecule is COc1cc(C#CC(O)C#Cc2ccccc2)cc(OC)c1OC. The van der Waals surface area contributed by atoms with Crippen molar-refractivity contribution in [2.24, 2.45) is 0 Å². The highest BCUT2D eigenvalue weighted by molar-refractivity contribution is 5.57. The Kier molecular flexibility index (Phi) is 6.14. The number of methoxy groups -OCH3 is 3. The summed E-state index contributed by atoms with van der Waals surface area (Å²) in [5, 5.41) is 9.89. The van der Waals surface area contributed by atoms with Gasteiger partial charge in [-0.25, -0.2) is 0 Å². The van der Waals surface area contributed by atoms with Crippen LogP contribution in [0.4, 0.5) is 0 Å². The Morgan fingerprint density at radius 2 is 1.33 bits per heavy atom. The van der Waals surface area contributed by atoms with E-state index in [1.807, 2.05) is 30.3 Å². The van der Waals surface area contributed by atoms with E-state index in [4.69, 9.17) is 14.2 Å². The molecule has 0 saturated carbocycles. The van der Waals surface area contributed by atoms with E-state index in [9.17, 15) is 5.11 Å². The van der Waals surface area contributed by atoms with Gasteiger partial charge in [0.2, 0.25) is 5.75 Å². The molecule has 0 aliphatic rings. The normalized spacial score (nSPS) is 10.5. The average Bonchev–Trinajstić information content (AvgIpc) is 2.64. The fourth-order valence-corrected chi connectivity index (χ4v) is 2.01. The maximum absolute atomic E-state index is 9.89. The van der Waals surface area contributed by atoms with E-state index in [0.717, 1.165) is 5.56 Å². The molecule has 2 aromatic rings. The van der Waals surface area contributed by atoms with Gasteiger partial charge in [0.15, 0.2) is 17.6 Å². The van der Waals surface area contributed by atoms with E-state index in [-0.39, 0.29) is 0 Å². The van der Waals surface area contributed by atoms with Gasteiger partial charge in [0.25, 0.3) is 0 Å². The summed E-state index contributed by atoms with van der Waals surface area (Å²) in [6.07, 6.45) is -1.05. The van der Waals surface area contributed by atoms with Crippen LogP contribution in [0.25, 0.3) is 0 Å². The predicted molar refractivity (Wildman–Crippen MR) is 92.3 cm³/mol. The molecule has 2 aromatic carbocycles. The predicted octanol–water partition coefficient (Wildman–Crippen LogP) is 2.48. The Bertz CT molecular complexity index is 779. The van der Waals surface area contributed by atoms with Crippen molar-refractivity contribution in [3.8, 4) is 40.9 Å². The molecule has 0 spiro atoms. The first-order valence-corrected chi connectivity index (χ1v) is 7.24. The molecule has 0 heterocycles. The van der Waals surface area contributed by atoms with Crippen LogP contribution in [0.5, 0.6) is 17.2 Å². The second-order valence-electron chi connectivity index (χ2n) is 4.72. The molecule has 0 radical (unpaired) electrons. The minimum absolute atomic E-state index is 0.495. The van der Waals surface area contributed by atoms with Crippen molar-refractivity contribution in [2.75, 3.05) is 21.3 Å². The monoisotopic (exact) mass is 322 g/mol. The summed E-state index contributed by atoms with van der Waals surface area (Å²) in [4.78, 5) is 0. The number of aliphatic hydroxyl groups excluding tert-OH is 1.